The van der Waals surface area contributed by atoms with Crippen LogP contribution in [0.25, 0.3) is 0 Å². The number of H-pyrrole nitrogens is 1. The van der Waals surface area contributed by atoms with E-state index in [9.17, 15) is 9.59 Å². The van der Waals surface area contributed by atoms with Gasteiger partial charge < -0.3 is 15.0 Å². The predicted octanol–water partition coefficient (Wildman–Crippen LogP) is 1.92. The number of amides is 1. The van der Waals surface area contributed by atoms with Crippen LogP contribution in [0.4, 0.5) is 4.79 Å². The van der Waals surface area contributed by atoms with Gasteiger partial charge in [0.25, 0.3) is 5.56 Å². The van der Waals surface area contributed by atoms with Crippen LogP contribution in [0, 0.1) is 0 Å². The molecule has 25 heavy (non-hydrogen) atoms. The average Bonchev–Trinajstić information content (AvgIpc) is 3.28. The van der Waals surface area contributed by atoms with E-state index in [4.69, 9.17) is 9.72 Å². The molecule has 1 aliphatic heterocycles. The molecular formula is C18H28N4O3. The summed E-state index contributed by atoms with van der Waals surface area (Å²) in [6, 6.07) is -0.0405. The van der Waals surface area contributed by atoms with Gasteiger partial charge in [0.15, 0.2) is 0 Å². The number of rotatable bonds is 4. The number of ether oxygens (including phenoxy) is 1. The molecule has 2 heterocycles. The molecule has 1 unspecified atom stereocenters. The van der Waals surface area contributed by atoms with Gasteiger partial charge in [0.1, 0.15) is 11.4 Å². The zero-order valence-electron chi connectivity index (χ0n) is 15.5. The highest BCUT2D eigenvalue weighted by molar-refractivity contribution is 5.68. The van der Waals surface area contributed by atoms with Gasteiger partial charge in [-0.1, -0.05) is 0 Å². The van der Waals surface area contributed by atoms with Crippen LogP contribution in [-0.4, -0.2) is 45.7 Å². The molecule has 1 atom stereocenters. The van der Waals surface area contributed by atoms with Gasteiger partial charge in [-0.15, -0.1) is 0 Å². The van der Waals surface area contributed by atoms with Crippen molar-refractivity contribution in [2.75, 3.05) is 13.1 Å². The summed E-state index contributed by atoms with van der Waals surface area (Å²) >= 11 is 0. The number of alkyl carbamates (subject to hydrolysis) is 1. The van der Waals surface area contributed by atoms with E-state index in [1.54, 1.807) is 0 Å². The summed E-state index contributed by atoms with van der Waals surface area (Å²) in [5.41, 5.74) is 1.22. The Kier molecular flexibility index (Phi) is 4.86. The second kappa shape index (κ2) is 6.78. The molecule has 1 saturated carbocycles. The van der Waals surface area contributed by atoms with Crippen LogP contribution in [0.3, 0.4) is 0 Å². The number of carbonyl (C=O) groups excluding carboxylic acids is 1. The van der Waals surface area contributed by atoms with Crippen molar-refractivity contribution in [1.82, 2.24) is 20.2 Å². The molecule has 0 radical (unpaired) electrons. The van der Waals surface area contributed by atoms with E-state index < -0.39 is 11.7 Å². The van der Waals surface area contributed by atoms with Gasteiger partial charge in [-0.05, 0) is 47.0 Å². The molecule has 0 bridgehead atoms. The van der Waals surface area contributed by atoms with Gasteiger partial charge in [0, 0.05) is 37.2 Å². The molecule has 2 aliphatic rings. The highest BCUT2D eigenvalue weighted by Crippen LogP contribution is 2.37. The maximum atomic E-state index is 12.2. The summed E-state index contributed by atoms with van der Waals surface area (Å²) in [5, 5.41) is 2.87. The van der Waals surface area contributed by atoms with E-state index in [0.29, 0.717) is 25.4 Å². The third kappa shape index (κ3) is 4.81. The molecule has 1 fully saturated rings. The first-order valence-electron chi connectivity index (χ1n) is 9.05. The summed E-state index contributed by atoms with van der Waals surface area (Å²) in [5.74, 6) is 1.27. The van der Waals surface area contributed by atoms with Crippen molar-refractivity contribution in [1.29, 1.82) is 0 Å². The van der Waals surface area contributed by atoms with Crippen molar-refractivity contribution in [3.63, 3.8) is 0 Å². The van der Waals surface area contributed by atoms with Gasteiger partial charge in [-0.3, -0.25) is 9.69 Å². The highest BCUT2D eigenvalue weighted by atomic mass is 16.6. The fourth-order valence-corrected chi connectivity index (χ4v) is 3.16. The van der Waals surface area contributed by atoms with Crippen LogP contribution in [0.2, 0.25) is 0 Å². The molecular weight excluding hydrogens is 320 g/mol. The Hall–Kier alpha value is -1.89. The van der Waals surface area contributed by atoms with Crippen LogP contribution in [-0.2, 0) is 17.7 Å². The lowest BCUT2D eigenvalue weighted by Gasteiger charge is -2.30. The van der Waals surface area contributed by atoms with Gasteiger partial charge in [0.2, 0.25) is 0 Å². The lowest BCUT2D eigenvalue weighted by molar-refractivity contribution is 0.0495. The molecule has 0 saturated heterocycles. The number of nitrogens with zero attached hydrogens (tertiary/aromatic N) is 2. The predicted molar refractivity (Wildman–Crippen MR) is 94.6 cm³/mol. The normalized spacial score (nSPS) is 19.2. The second-order valence-electron chi connectivity index (χ2n) is 8.18. The Morgan fingerprint density at radius 2 is 2.16 bits per heavy atom. The number of fused-ring (bicyclic) bond motifs is 1. The van der Waals surface area contributed by atoms with Gasteiger partial charge in [-0.2, -0.15) is 0 Å². The maximum absolute atomic E-state index is 12.2. The standard InChI is InChI=1S/C18H28N4O3/c1-11(19-17(24)25-18(2,3)4)9-22-8-7-13-14(10-22)20-15(12-5-6-12)21-16(13)23/h11-12H,5-10H2,1-4H3,(H,19,24)(H,20,21,23). The van der Waals surface area contributed by atoms with E-state index >= 15 is 0 Å². The first kappa shape index (κ1) is 17.9. The monoisotopic (exact) mass is 348 g/mol. The van der Waals surface area contributed by atoms with E-state index in [-0.39, 0.29) is 11.6 Å². The fourth-order valence-electron chi connectivity index (χ4n) is 3.16. The smallest absolute Gasteiger partial charge is 0.407 e. The lowest BCUT2D eigenvalue weighted by Crippen LogP contribution is -2.46. The summed E-state index contributed by atoms with van der Waals surface area (Å²) in [7, 11) is 0. The maximum Gasteiger partial charge on any atom is 0.407 e. The van der Waals surface area contributed by atoms with Gasteiger partial charge in [-0.25, -0.2) is 9.78 Å². The minimum Gasteiger partial charge on any atom is -0.444 e. The number of nitrogens with one attached hydrogen (secondary N) is 2. The fraction of sp³-hybridized carbons (Fsp3) is 0.722. The Bertz CT molecular complexity index is 703. The van der Waals surface area contributed by atoms with Crippen molar-refractivity contribution in [3.8, 4) is 0 Å². The first-order valence-corrected chi connectivity index (χ1v) is 9.05. The summed E-state index contributed by atoms with van der Waals surface area (Å²) < 4.78 is 5.29. The molecule has 1 aromatic rings. The second-order valence-corrected chi connectivity index (χ2v) is 8.18. The van der Waals surface area contributed by atoms with Crippen molar-refractivity contribution in [2.24, 2.45) is 0 Å². The SMILES string of the molecule is CC(CN1CCc2c(nc(C3CC3)[nH]c2=O)C1)NC(=O)OC(C)(C)C. The molecule has 1 aromatic heterocycles. The molecule has 3 rings (SSSR count). The van der Waals surface area contributed by atoms with Crippen LogP contribution < -0.4 is 10.9 Å². The number of hydrogen-bond donors (Lipinski definition) is 2. The molecule has 138 valence electrons. The lowest BCUT2D eigenvalue weighted by atomic mass is 10.1. The number of carbonyl (C=O) groups is 1. The third-order valence-electron chi connectivity index (χ3n) is 4.43. The van der Waals surface area contributed by atoms with Crippen LogP contribution in [0.5, 0.6) is 0 Å². The molecule has 7 nitrogen and oxygen atoms in total. The van der Waals surface area contributed by atoms with Crippen molar-refractivity contribution in [2.45, 2.75) is 71.1 Å². The van der Waals surface area contributed by atoms with E-state index in [1.807, 2.05) is 27.7 Å². The van der Waals surface area contributed by atoms with Crippen molar-refractivity contribution >= 4 is 6.09 Å². The minimum atomic E-state index is -0.502. The third-order valence-corrected chi connectivity index (χ3v) is 4.43. The Labute approximate surface area is 148 Å². The number of aromatic nitrogens is 2. The van der Waals surface area contributed by atoms with Crippen molar-refractivity contribution in [3.05, 3.63) is 27.4 Å². The van der Waals surface area contributed by atoms with E-state index in [0.717, 1.165) is 36.5 Å². The molecule has 1 aliphatic carbocycles. The topological polar surface area (TPSA) is 87.3 Å². The Morgan fingerprint density at radius 3 is 2.80 bits per heavy atom. The van der Waals surface area contributed by atoms with E-state index in [1.165, 1.54) is 0 Å². The molecule has 0 spiro atoms. The average molecular weight is 348 g/mol. The van der Waals surface area contributed by atoms with Crippen molar-refractivity contribution < 1.29 is 9.53 Å². The molecule has 1 amide bonds. The summed E-state index contributed by atoms with van der Waals surface area (Å²) in [6.45, 7) is 9.64. The highest BCUT2D eigenvalue weighted by Gasteiger charge is 2.29. The van der Waals surface area contributed by atoms with Crippen LogP contribution in [0.15, 0.2) is 4.79 Å². The quantitative estimate of drug-likeness (QED) is 0.868. The minimum absolute atomic E-state index is 0.0199. The zero-order chi connectivity index (χ0) is 18.2. The largest absolute Gasteiger partial charge is 0.444 e. The summed E-state index contributed by atoms with van der Waals surface area (Å²) in [6.07, 6.45) is 2.52. The van der Waals surface area contributed by atoms with Crippen LogP contribution >= 0.6 is 0 Å². The summed E-state index contributed by atoms with van der Waals surface area (Å²) in [4.78, 5) is 34.0. The molecule has 0 aromatic carbocycles. The zero-order valence-corrected chi connectivity index (χ0v) is 15.5. The number of aromatic amines is 1. The first-order chi connectivity index (χ1) is 11.7. The van der Waals surface area contributed by atoms with E-state index in [2.05, 4.69) is 15.2 Å². The molecule has 7 heteroatoms. The van der Waals surface area contributed by atoms with Gasteiger partial charge in [0.05, 0.1) is 5.69 Å². The molecule has 2 N–H and O–H groups in total. The van der Waals surface area contributed by atoms with Crippen LogP contribution in [0.1, 0.15) is 63.5 Å². The Balaban J connectivity index is 1.59. The Morgan fingerprint density at radius 1 is 1.44 bits per heavy atom. The van der Waals surface area contributed by atoms with Gasteiger partial charge >= 0.3 is 6.09 Å². The number of hydrogen-bond acceptors (Lipinski definition) is 5.